The first kappa shape index (κ1) is 20.2. The third kappa shape index (κ3) is 4.40. The van der Waals surface area contributed by atoms with Crippen molar-refractivity contribution < 1.29 is 9.84 Å². The molecule has 0 fully saturated rings. The first-order valence-corrected chi connectivity index (χ1v) is 10.8. The van der Waals surface area contributed by atoms with E-state index in [9.17, 15) is 5.11 Å². The average molecular weight is 407 g/mol. The van der Waals surface area contributed by atoms with Gasteiger partial charge in [0.1, 0.15) is 5.60 Å². The van der Waals surface area contributed by atoms with Crippen LogP contribution in [0.2, 0.25) is 5.02 Å². The first-order chi connectivity index (χ1) is 14.2. The molecule has 3 aromatic rings. The van der Waals surface area contributed by atoms with Gasteiger partial charge in [0.25, 0.3) is 0 Å². The third-order valence-electron chi connectivity index (χ3n) is 5.78. The Morgan fingerprint density at radius 2 is 1.48 bits per heavy atom. The molecule has 2 nitrogen and oxygen atoms in total. The second-order valence-electron chi connectivity index (χ2n) is 7.80. The Morgan fingerprint density at radius 1 is 0.759 bits per heavy atom. The molecule has 1 aliphatic carbocycles. The Balaban J connectivity index is 1.28. The molecule has 150 valence electrons. The van der Waals surface area contributed by atoms with E-state index in [-0.39, 0.29) is 0 Å². The van der Waals surface area contributed by atoms with Crippen LogP contribution in [0.1, 0.15) is 48.8 Å². The van der Waals surface area contributed by atoms with Gasteiger partial charge in [-0.3, -0.25) is 0 Å². The van der Waals surface area contributed by atoms with E-state index in [1.54, 1.807) is 0 Å². The van der Waals surface area contributed by atoms with Crippen molar-refractivity contribution in [1.29, 1.82) is 0 Å². The molecule has 0 saturated carbocycles. The Morgan fingerprint density at radius 3 is 2.34 bits per heavy atom. The maximum atomic E-state index is 11.6. The van der Waals surface area contributed by atoms with Gasteiger partial charge in [-0.15, -0.1) is 0 Å². The van der Waals surface area contributed by atoms with Crippen LogP contribution in [0.5, 0.6) is 0 Å². The van der Waals surface area contributed by atoms with Crippen molar-refractivity contribution in [2.24, 2.45) is 0 Å². The molecule has 1 N–H and O–H groups in total. The molecular weight excluding hydrogens is 380 g/mol. The molecule has 0 spiro atoms. The number of ether oxygens (including phenoxy) is 1. The fourth-order valence-corrected chi connectivity index (χ4v) is 4.47. The minimum atomic E-state index is -0.916. The zero-order valence-electron chi connectivity index (χ0n) is 16.6. The van der Waals surface area contributed by atoms with E-state index in [1.165, 1.54) is 5.56 Å². The SMILES string of the molecule is OC1(CCCCCCOCc2ccccc2)c2ccccc2-c2cc(Cl)ccc21. The van der Waals surface area contributed by atoms with Gasteiger partial charge < -0.3 is 9.84 Å². The van der Waals surface area contributed by atoms with Crippen LogP contribution in [-0.2, 0) is 16.9 Å². The smallest absolute Gasteiger partial charge is 0.116 e. The predicted octanol–water partition coefficient (Wildman–Crippen LogP) is 6.72. The zero-order valence-corrected chi connectivity index (χ0v) is 17.4. The van der Waals surface area contributed by atoms with Crippen LogP contribution in [0.15, 0.2) is 72.8 Å². The molecule has 0 amide bonds. The van der Waals surface area contributed by atoms with E-state index < -0.39 is 5.60 Å². The summed E-state index contributed by atoms with van der Waals surface area (Å²) >= 11 is 6.22. The summed E-state index contributed by atoms with van der Waals surface area (Å²) in [5, 5.41) is 12.3. The molecule has 3 heteroatoms. The first-order valence-electron chi connectivity index (χ1n) is 10.4. The van der Waals surface area contributed by atoms with Crippen molar-refractivity contribution in [2.45, 2.75) is 44.3 Å². The second kappa shape index (κ2) is 9.13. The van der Waals surface area contributed by atoms with Gasteiger partial charge in [-0.1, -0.05) is 85.1 Å². The number of halogens is 1. The molecule has 1 atom stereocenters. The fourth-order valence-electron chi connectivity index (χ4n) is 4.30. The summed E-state index contributed by atoms with van der Waals surface area (Å²) in [4.78, 5) is 0. The van der Waals surface area contributed by atoms with Crippen molar-refractivity contribution in [1.82, 2.24) is 0 Å². The van der Waals surface area contributed by atoms with Crippen molar-refractivity contribution in [2.75, 3.05) is 6.61 Å². The lowest BCUT2D eigenvalue weighted by atomic mass is 9.86. The normalized spacial score (nSPS) is 17.2. The highest BCUT2D eigenvalue weighted by atomic mass is 35.5. The molecule has 0 aliphatic heterocycles. The number of unbranched alkanes of at least 4 members (excludes halogenated alkanes) is 3. The van der Waals surface area contributed by atoms with Gasteiger partial charge in [-0.05, 0) is 59.2 Å². The summed E-state index contributed by atoms with van der Waals surface area (Å²) in [6, 6.07) is 24.2. The van der Waals surface area contributed by atoms with Crippen molar-refractivity contribution >= 4 is 11.6 Å². The average Bonchev–Trinajstić information content (AvgIpc) is 2.99. The largest absolute Gasteiger partial charge is 0.380 e. The van der Waals surface area contributed by atoms with Crippen LogP contribution >= 0.6 is 11.6 Å². The molecule has 29 heavy (non-hydrogen) atoms. The van der Waals surface area contributed by atoms with E-state index in [0.29, 0.717) is 11.6 Å². The van der Waals surface area contributed by atoms with Crippen LogP contribution < -0.4 is 0 Å². The highest BCUT2D eigenvalue weighted by Crippen LogP contribution is 2.50. The van der Waals surface area contributed by atoms with Crippen LogP contribution in [0, 0.1) is 0 Å². The van der Waals surface area contributed by atoms with E-state index in [4.69, 9.17) is 16.3 Å². The molecule has 3 aromatic carbocycles. The minimum absolute atomic E-state index is 0.677. The van der Waals surface area contributed by atoms with Crippen LogP contribution in [0.4, 0.5) is 0 Å². The van der Waals surface area contributed by atoms with Crippen molar-refractivity contribution in [3.05, 3.63) is 94.5 Å². The topological polar surface area (TPSA) is 29.5 Å². The van der Waals surface area contributed by atoms with E-state index in [1.807, 2.05) is 54.6 Å². The number of aliphatic hydroxyl groups is 1. The molecule has 0 saturated heterocycles. The Hall–Kier alpha value is -2.13. The highest BCUT2D eigenvalue weighted by molar-refractivity contribution is 6.31. The standard InChI is InChI=1S/C26H27ClO2/c27-21-14-15-25-23(18-21)22-12-6-7-13-24(22)26(25,28)16-8-1-2-9-17-29-19-20-10-4-3-5-11-20/h3-7,10-15,18,28H,1-2,8-9,16-17,19H2. The van der Waals surface area contributed by atoms with Gasteiger partial charge in [0.2, 0.25) is 0 Å². The molecule has 4 rings (SSSR count). The predicted molar refractivity (Wildman–Crippen MR) is 119 cm³/mol. The number of rotatable bonds is 9. The Labute approximate surface area is 178 Å². The molecule has 0 aromatic heterocycles. The highest BCUT2D eigenvalue weighted by Gasteiger charge is 2.40. The summed E-state index contributed by atoms with van der Waals surface area (Å²) in [7, 11) is 0. The lowest BCUT2D eigenvalue weighted by Crippen LogP contribution is -2.24. The molecular formula is C26H27ClO2. The zero-order chi connectivity index (χ0) is 20.1. The molecule has 0 bridgehead atoms. The monoisotopic (exact) mass is 406 g/mol. The van der Waals surface area contributed by atoms with Gasteiger partial charge in [-0.25, -0.2) is 0 Å². The summed E-state index contributed by atoms with van der Waals surface area (Å²) < 4.78 is 5.76. The third-order valence-corrected chi connectivity index (χ3v) is 6.01. The number of fused-ring (bicyclic) bond motifs is 3. The molecule has 0 radical (unpaired) electrons. The lowest BCUT2D eigenvalue weighted by Gasteiger charge is -2.26. The van der Waals surface area contributed by atoms with Gasteiger partial charge in [0.05, 0.1) is 6.61 Å². The van der Waals surface area contributed by atoms with E-state index >= 15 is 0 Å². The molecule has 0 heterocycles. The fraction of sp³-hybridized carbons (Fsp3) is 0.308. The molecule has 1 unspecified atom stereocenters. The molecule has 1 aliphatic rings. The quantitative estimate of drug-likeness (QED) is 0.399. The number of benzene rings is 3. The van der Waals surface area contributed by atoms with E-state index in [0.717, 1.165) is 61.0 Å². The summed E-state index contributed by atoms with van der Waals surface area (Å²) in [6.07, 6.45) is 4.95. The van der Waals surface area contributed by atoms with Crippen LogP contribution in [0.25, 0.3) is 11.1 Å². The lowest BCUT2D eigenvalue weighted by molar-refractivity contribution is 0.0719. The van der Waals surface area contributed by atoms with Crippen LogP contribution in [-0.4, -0.2) is 11.7 Å². The second-order valence-corrected chi connectivity index (χ2v) is 8.23. The van der Waals surface area contributed by atoms with Gasteiger partial charge in [-0.2, -0.15) is 0 Å². The van der Waals surface area contributed by atoms with Crippen molar-refractivity contribution in [3.63, 3.8) is 0 Å². The Bertz CT molecular complexity index is 954. The summed E-state index contributed by atoms with van der Waals surface area (Å²) in [6.45, 7) is 1.46. The van der Waals surface area contributed by atoms with E-state index in [2.05, 4.69) is 18.2 Å². The maximum Gasteiger partial charge on any atom is 0.116 e. The van der Waals surface area contributed by atoms with Gasteiger partial charge >= 0.3 is 0 Å². The van der Waals surface area contributed by atoms with Gasteiger partial charge in [0.15, 0.2) is 0 Å². The number of hydrogen-bond donors (Lipinski definition) is 1. The number of hydrogen-bond acceptors (Lipinski definition) is 2. The summed E-state index contributed by atoms with van der Waals surface area (Å²) in [5.41, 5.74) is 4.44. The Kier molecular flexibility index (Phi) is 6.34. The van der Waals surface area contributed by atoms with Crippen LogP contribution in [0.3, 0.4) is 0 Å². The maximum absolute atomic E-state index is 11.6. The summed E-state index contributed by atoms with van der Waals surface area (Å²) in [5.74, 6) is 0. The minimum Gasteiger partial charge on any atom is -0.380 e. The van der Waals surface area contributed by atoms with Gasteiger partial charge in [0, 0.05) is 11.6 Å². The van der Waals surface area contributed by atoms with Crippen molar-refractivity contribution in [3.8, 4) is 11.1 Å².